The van der Waals surface area contributed by atoms with E-state index in [-0.39, 0.29) is 30.6 Å². The van der Waals surface area contributed by atoms with Gasteiger partial charge in [0.2, 0.25) is 18.6 Å². The van der Waals surface area contributed by atoms with Gasteiger partial charge in [0.25, 0.3) is 0 Å². The summed E-state index contributed by atoms with van der Waals surface area (Å²) in [6, 6.07) is 5.56. The Kier molecular flexibility index (Phi) is 5.47. The van der Waals surface area contributed by atoms with Crippen molar-refractivity contribution in [3.8, 4) is 11.5 Å². The Balaban J connectivity index is 1.35. The van der Waals surface area contributed by atoms with Gasteiger partial charge in [-0.25, -0.2) is 4.98 Å². The summed E-state index contributed by atoms with van der Waals surface area (Å²) < 4.78 is 10.7. The molecule has 3 heterocycles. The normalized spacial score (nSPS) is 17.4. The first-order chi connectivity index (χ1) is 13.6. The van der Waals surface area contributed by atoms with Gasteiger partial charge >= 0.3 is 0 Å². The molecule has 7 nitrogen and oxygen atoms in total. The minimum atomic E-state index is -0.0800. The summed E-state index contributed by atoms with van der Waals surface area (Å²) in [5, 5.41) is 5.90. The number of benzene rings is 1. The SMILES string of the molecule is CC(=O)NC(c1nccs1)C1CCN(C(=O)Cc2ccc3c(c2)OCO3)CC1. The molecule has 0 aliphatic carbocycles. The highest BCUT2D eigenvalue weighted by atomic mass is 32.1. The van der Waals surface area contributed by atoms with Gasteiger partial charge in [0.15, 0.2) is 11.5 Å². The van der Waals surface area contributed by atoms with E-state index in [4.69, 9.17) is 9.47 Å². The number of likely N-dealkylation sites (tertiary alicyclic amines) is 1. The number of fused-ring (bicyclic) bond motifs is 1. The fraction of sp³-hybridized carbons (Fsp3) is 0.450. The highest BCUT2D eigenvalue weighted by Gasteiger charge is 2.31. The van der Waals surface area contributed by atoms with Crippen molar-refractivity contribution in [2.75, 3.05) is 19.9 Å². The number of carbonyl (C=O) groups is 2. The smallest absolute Gasteiger partial charge is 0.231 e. The van der Waals surface area contributed by atoms with E-state index in [0.717, 1.165) is 29.2 Å². The van der Waals surface area contributed by atoms with Crippen LogP contribution in [0, 0.1) is 5.92 Å². The topological polar surface area (TPSA) is 80.8 Å². The second-order valence-electron chi connectivity index (χ2n) is 7.13. The summed E-state index contributed by atoms with van der Waals surface area (Å²) in [6.45, 7) is 3.14. The number of thiazole rings is 1. The molecule has 28 heavy (non-hydrogen) atoms. The number of amides is 2. The van der Waals surface area contributed by atoms with Gasteiger partial charge in [0.05, 0.1) is 12.5 Å². The quantitative estimate of drug-likeness (QED) is 0.833. The van der Waals surface area contributed by atoms with Crippen LogP contribution in [0.4, 0.5) is 0 Å². The molecule has 1 unspecified atom stereocenters. The zero-order chi connectivity index (χ0) is 19.5. The molecule has 1 N–H and O–H groups in total. The van der Waals surface area contributed by atoms with E-state index in [1.165, 1.54) is 6.92 Å². The van der Waals surface area contributed by atoms with E-state index >= 15 is 0 Å². The van der Waals surface area contributed by atoms with Crippen LogP contribution in [-0.2, 0) is 16.0 Å². The highest BCUT2D eigenvalue weighted by Crippen LogP contribution is 2.34. The number of rotatable bonds is 5. The van der Waals surface area contributed by atoms with Crippen molar-refractivity contribution in [1.82, 2.24) is 15.2 Å². The fourth-order valence-corrected chi connectivity index (χ4v) is 4.59. The lowest BCUT2D eigenvalue weighted by atomic mass is 9.89. The van der Waals surface area contributed by atoms with E-state index < -0.39 is 0 Å². The average molecular weight is 401 g/mol. The molecular weight excluding hydrogens is 378 g/mol. The Bertz CT molecular complexity index is 847. The fourth-order valence-electron chi connectivity index (χ4n) is 3.81. The molecule has 148 valence electrons. The summed E-state index contributed by atoms with van der Waals surface area (Å²) in [6.07, 6.45) is 3.80. The largest absolute Gasteiger partial charge is 0.454 e. The number of aromatic nitrogens is 1. The molecule has 0 spiro atoms. The first-order valence-electron chi connectivity index (χ1n) is 9.43. The Hall–Kier alpha value is -2.61. The van der Waals surface area contributed by atoms with Crippen LogP contribution >= 0.6 is 11.3 Å². The minimum Gasteiger partial charge on any atom is -0.454 e. The second-order valence-corrected chi connectivity index (χ2v) is 8.06. The van der Waals surface area contributed by atoms with Crippen LogP contribution in [-0.4, -0.2) is 41.6 Å². The van der Waals surface area contributed by atoms with Crippen molar-refractivity contribution in [3.05, 3.63) is 40.3 Å². The standard InChI is InChI=1S/C20H23N3O4S/c1-13(24)22-19(20-21-6-9-28-20)15-4-7-23(8-5-15)18(25)11-14-2-3-16-17(10-14)27-12-26-16/h2-3,6,9-10,15,19H,4-5,7-8,11-12H2,1H3,(H,22,24). The van der Waals surface area contributed by atoms with Crippen LogP contribution in [0.25, 0.3) is 0 Å². The molecule has 4 rings (SSSR count). The van der Waals surface area contributed by atoms with E-state index in [0.29, 0.717) is 25.3 Å². The molecular formula is C20H23N3O4S. The van der Waals surface area contributed by atoms with Gasteiger partial charge in [-0.15, -0.1) is 11.3 Å². The third kappa shape index (κ3) is 4.11. The predicted molar refractivity (Wildman–Crippen MR) is 104 cm³/mol. The zero-order valence-corrected chi connectivity index (χ0v) is 16.5. The predicted octanol–water partition coefficient (Wildman–Crippen LogP) is 2.53. The highest BCUT2D eigenvalue weighted by molar-refractivity contribution is 7.09. The van der Waals surface area contributed by atoms with Crippen molar-refractivity contribution in [2.24, 2.45) is 5.92 Å². The molecule has 2 aliphatic rings. The Morgan fingerprint density at radius 2 is 2.07 bits per heavy atom. The van der Waals surface area contributed by atoms with Crippen LogP contribution in [0.15, 0.2) is 29.8 Å². The van der Waals surface area contributed by atoms with Gasteiger partial charge in [0, 0.05) is 31.6 Å². The van der Waals surface area contributed by atoms with E-state index in [1.807, 2.05) is 28.5 Å². The number of nitrogens with zero attached hydrogens (tertiary/aromatic N) is 2. The van der Waals surface area contributed by atoms with Gasteiger partial charge < -0.3 is 19.7 Å². The monoisotopic (exact) mass is 401 g/mol. The number of nitrogens with one attached hydrogen (secondary N) is 1. The van der Waals surface area contributed by atoms with Crippen molar-refractivity contribution in [1.29, 1.82) is 0 Å². The molecule has 1 fully saturated rings. The number of ether oxygens (including phenoxy) is 2. The lowest BCUT2D eigenvalue weighted by Gasteiger charge is -2.35. The van der Waals surface area contributed by atoms with Crippen LogP contribution < -0.4 is 14.8 Å². The molecule has 1 atom stereocenters. The molecule has 2 aliphatic heterocycles. The number of hydrogen-bond acceptors (Lipinski definition) is 6. The lowest BCUT2D eigenvalue weighted by molar-refractivity contribution is -0.132. The van der Waals surface area contributed by atoms with Crippen molar-refractivity contribution >= 4 is 23.2 Å². The number of piperidine rings is 1. The molecule has 8 heteroatoms. The summed E-state index contributed by atoms with van der Waals surface area (Å²) in [4.78, 5) is 30.6. The first-order valence-corrected chi connectivity index (χ1v) is 10.3. The van der Waals surface area contributed by atoms with Gasteiger partial charge in [-0.05, 0) is 36.5 Å². The van der Waals surface area contributed by atoms with Crippen molar-refractivity contribution in [2.45, 2.75) is 32.2 Å². The number of carbonyl (C=O) groups excluding carboxylic acids is 2. The summed E-state index contributed by atoms with van der Waals surface area (Å²) in [7, 11) is 0. The first kappa shape index (κ1) is 18.7. The maximum Gasteiger partial charge on any atom is 0.231 e. The van der Waals surface area contributed by atoms with Crippen LogP contribution in [0.1, 0.15) is 36.4 Å². The van der Waals surface area contributed by atoms with Gasteiger partial charge in [0.1, 0.15) is 5.01 Å². The zero-order valence-electron chi connectivity index (χ0n) is 15.7. The van der Waals surface area contributed by atoms with E-state index in [1.54, 1.807) is 17.5 Å². The third-order valence-corrected chi connectivity index (χ3v) is 6.09. The van der Waals surface area contributed by atoms with Crippen LogP contribution in [0.5, 0.6) is 11.5 Å². The maximum atomic E-state index is 12.7. The number of hydrogen-bond donors (Lipinski definition) is 1. The minimum absolute atomic E-state index is 0.0542. The molecule has 1 aromatic carbocycles. The van der Waals surface area contributed by atoms with Gasteiger partial charge in [-0.2, -0.15) is 0 Å². The Labute approximate surface area is 167 Å². The summed E-state index contributed by atoms with van der Waals surface area (Å²) in [5.74, 6) is 1.77. The summed E-state index contributed by atoms with van der Waals surface area (Å²) in [5.41, 5.74) is 0.926. The molecule has 1 saturated heterocycles. The molecule has 1 aromatic heterocycles. The van der Waals surface area contributed by atoms with Crippen molar-refractivity contribution in [3.63, 3.8) is 0 Å². The maximum absolute atomic E-state index is 12.7. The van der Waals surface area contributed by atoms with Crippen LogP contribution in [0.2, 0.25) is 0 Å². The molecule has 0 saturated carbocycles. The second kappa shape index (κ2) is 8.18. The Morgan fingerprint density at radius 3 is 2.79 bits per heavy atom. The molecule has 0 bridgehead atoms. The van der Waals surface area contributed by atoms with Crippen molar-refractivity contribution < 1.29 is 19.1 Å². The average Bonchev–Trinajstić information content (AvgIpc) is 3.37. The van der Waals surface area contributed by atoms with Gasteiger partial charge in [-0.3, -0.25) is 9.59 Å². The Morgan fingerprint density at radius 1 is 1.29 bits per heavy atom. The van der Waals surface area contributed by atoms with E-state index in [9.17, 15) is 9.59 Å². The molecule has 0 radical (unpaired) electrons. The molecule has 2 aromatic rings. The van der Waals surface area contributed by atoms with Gasteiger partial charge in [-0.1, -0.05) is 6.07 Å². The molecule has 2 amide bonds. The summed E-state index contributed by atoms with van der Waals surface area (Å²) >= 11 is 1.56. The lowest BCUT2D eigenvalue weighted by Crippen LogP contribution is -2.43. The van der Waals surface area contributed by atoms with Crippen LogP contribution in [0.3, 0.4) is 0 Å². The van der Waals surface area contributed by atoms with E-state index in [2.05, 4.69) is 10.3 Å². The third-order valence-electron chi connectivity index (χ3n) is 5.23.